The van der Waals surface area contributed by atoms with Gasteiger partial charge in [-0.2, -0.15) is 13.8 Å². The molecule has 1 N–H and O–H groups in total. The van der Waals surface area contributed by atoms with E-state index in [0.29, 0.717) is 8.95 Å². The first-order valence-electron chi connectivity index (χ1n) is 5.09. The molecule has 0 aliphatic carbocycles. The molecule has 0 saturated carbocycles. The molecule has 1 aromatic carbocycles. The third kappa shape index (κ3) is 3.33. The summed E-state index contributed by atoms with van der Waals surface area (Å²) >= 11 is 6.30. The smallest absolute Gasteiger partial charge is 0.263 e. The first-order chi connectivity index (χ1) is 9.29. The predicted octanol–water partition coefficient (Wildman–Crippen LogP) is 3.69. The minimum Gasteiger partial charge on any atom is -0.275 e. The van der Waals surface area contributed by atoms with Crippen molar-refractivity contribution in [1.29, 1.82) is 0 Å². The van der Waals surface area contributed by atoms with Crippen molar-refractivity contribution < 1.29 is 17.2 Å². The van der Waals surface area contributed by atoms with Crippen LogP contribution in [-0.2, 0) is 10.0 Å². The number of pyridine rings is 1. The first-order valence-corrected chi connectivity index (χ1v) is 8.16. The quantitative estimate of drug-likeness (QED) is 0.760. The molecule has 0 unspecified atom stereocenters. The van der Waals surface area contributed by atoms with Crippen LogP contribution in [0.5, 0.6) is 0 Å². The number of rotatable bonds is 3. The highest BCUT2D eigenvalue weighted by Gasteiger charge is 2.20. The molecule has 2 rings (SSSR count). The number of nitrogens with one attached hydrogen (secondary N) is 1. The average molecular weight is 428 g/mol. The van der Waals surface area contributed by atoms with E-state index >= 15 is 0 Å². The highest BCUT2D eigenvalue weighted by atomic mass is 79.9. The highest BCUT2D eigenvalue weighted by molar-refractivity contribution is 9.11. The fraction of sp³-hybridized carbons (Fsp3) is 0. The minimum atomic E-state index is -4.02. The lowest BCUT2D eigenvalue weighted by atomic mass is 10.4. The topological polar surface area (TPSA) is 59.1 Å². The van der Waals surface area contributed by atoms with Gasteiger partial charge in [-0.25, -0.2) is 8.42 Å². The molecular formula is C11H6Br2F2N2O2S. The number of aromatic nitrogens is 1. The lowest BCUT2D eigenvalue weighted by molar-refractivity contribution is 0.515. The molecule has 20 heavy (non-hydrogen) atoms. The Balaban J connectivity index is 2.41. The molecule has 0 amide bonds. The van der Waals surface area contributed by atoms with Gasteiger partial charge in [0.2, 0.25) is 11.9 Å². The fourth-order valence-corrected chi connectivity index (χ4v) is 4.18. The average Bonchev–Trinajstić information content (AvgIpc) is 2.32. The maximum absolute atomic E-state index is 13.4. The van der Waals surface area contributed by atoms with Crippen molar-refractivity contribution in [2.45, 2.75) is 4.90 Å². The SMILES string of the molecule is O=S(=O)(Nc1ccc(F)nc1F)c1ccc(Br)cc1Br. The fourth-order valence-electron chi connectivity index (χ4n) is 1.38. The van der Waals surface area contributed by atoms with Crippen molar-refractivity contribution >= 4 is 47.6 Å². The lowest BCUT2D eigenvalue weighted by Gasteiger charge is -2.10. The van der Waals surface area contributed by atoms with Crippen molar-refractivity contribution in [3.8, 4) is 0 Å². The zero-order chi connectivity index (χ0) is 14.9. The third-order valence-electron chi connectivity index (χ3n) is 2.24. The van der Waals surface area contributed by atoms with E-state index in [4.69, 9.17) is 0 Å². The van der Waals surface area contributed by atoms with Gasteiger partial charge in [-0.15, -0.1) is 0 Å². The van der Waals surface area contributed by atoms with Gasteiger partial charge in [0.15, 0.2) is 0 Å². The molecule has 0 aliphatic heterocycles. The predicted molar refractivity (Wildman–Crippen MR) is 76.8 cm³/mol. The van der Waals surface area contributed by atoms with Gasteiger partial charge in [0.05, 0.1) is 0 Å². The molecule has 1 heterocycles. The van der Waals surface area contributed by atoms with Gasteiger partial charge in [-0.05, 0) is 46.3 Å². The summed E-state index contributed by atoms with van der Waals surface area (Å²) in [5.74, 6) is -2.27. The summed E-state index contributed by atoms with van der Waals surface area (Å²) in [6.45, 7) is 0. The number of benzene rings is 1. The Kier molecular flexibility index (Phi) is 4.40. The van der Waals surface area contributed by atoms with E-state index in [0.717, 1.165) is 12.1 Å². The van der Waals surface area contributed by atoms with Crippen LogP contribution in [0.4, 0.5) is 14.5 Å². The lowest BCUT2D eigenvalue weighted by Crippen LogP contribution is -2.15. The van der Waals surface area contributed by atoms with Gasteiger partial charge in [0, 0.05) is 8.95 Å². The molecule has 1 aromatic heterocycles. The van der Waals surface area contributed by atoms with Crippen molar-refractivity contribution in [3.63, 3.8) is 0 Å². The summed E-state index contributed by atoms with van der Waals surface area (Å²) in [4.78, 5) is 2.83. The zero-order valence-corrected chi connectivity index (χ0v) is 13.6. The van der Waals surface area contributed by atoms with E-state index in [9.17, 15) is 17.2 Å². The van der Waals surface area contributed by atoms with Gasteiger partial charge in [-0.3, -0.25) is 4.72 Å². The molecule has 0 bridgehead atoms. The molecule has 4 nitrogen and oxygen atoms in total. The summed E-state index contributed by atoms with van der Waals surface area (Å²) in [5.41, 5.74) is -0.429. The van der Waals surface area contributed by atoms with Crippen LogP contribution in [0.2, 0.25) is 0 Å². The zero-order valence-electron chi connectivity index (χ0n) is 9.57. The third-order valence-corrected chi connectivity index (χ3v) is 5.08. The second-order valence-corrected chi connectivity index (χ2v) is 7.07. The Morgan fingerprint density at radius 2 is 1.80 bits per heavy atom. The maximum Gasteiger partial charge on any atom is 0.263 e. The monoisotopic (exact) mass is 426 g/mol. The Morgan fingerprint density at radius 3 is 2.40 bits per heavy atom. The maximum atomic E-state index is 13.4. The van der Waals surface area contributed by atoms with E-state index in [2.05, 4.69) is 36.8 Å². The van der Waals surface area contributed by atoms with E-state index in [1.807, 2.05) is 4.72 Å². The molecule has 0 radical (unpaired) electrons. The number of hydrogen-bond acceptors (Lipinski definition) is 3. The Labute approximate surface area is 130 Å². The molecule has 9 heteroatoms. The highest BCUT2D eigenvalue weighted by Crippen LogP contribution is 2.27. The number of nitrogens with zero attached hydrogens (tertiary/aromatic N) is 1. The van der Waals surface area contributed by atoms with Gasteiger partial charge in [0.25, 0.3) is 10.0 Å². The summed E-state index contributed by atoms with van der Waals surface area (Å²) in [7, 11) is -4.02. The largest absolute Gasteiger partial charge is 0.275 e. The van der Waals surface area contributed by atoms with Gasteiger partial charge < -0.3 is 0 Å². The molecule has 106 valence electrons. The molecule has 0 aliphatic rings. The molecule has 2 aromatic rings. The van der Waals surface area contributed by atoms with Crippen LogP contribution in [0.15, 0.2) is 44.2 Å². The molecule has 0 saturated heterocycles. The van der Waals surface area contributed by atoms with Crippen LogP contribution < -0.4 is 4.72 Å². The second kappa shape index (κ2) is 5.74. The molecule has 0 spiro atoms. The van der Waals surface area contributed by atoms with Crippen LogP contribution in [-0.4, -0.2) is 13.4 Å². The van der Waals surface area contributed by atoms with Crippen LogP contribution in [0.25, 0.3) is 0 Å². The van der Waals surface area contributed by atoms with Crippen molar-refractivity contribution in [1.82, 2.24) is 4.98 Å². The second-order valence-electron chi connectivity index (χ2n) is 3.65. The van der Waals surface area contributed by atoms with Crippen LogP contribution in [0.1, 0.15) is 0 Å². The molecular weight excluding hydrogens is 422 g/mol. The Bertz CT molecular complexity index is 769. The van der Waals surface area contributed by atoms with E-state index in [1.165, 1.54) is 18.2 Å². The van der Waals surface area contributed by atoms with Crippen LogP contribution in [0, 0.1) is 11.9 Å². The van der Waals surface area contributed by atoms with Crippen LogP contribution in [0.3, 0.4) is 0 Å². The standard InChI is InChI=1S/C11H6Br2F2N2O2S/c12-6-1-3-9(7(13)5-6)20(18,19)17-8-2-4-10(14)16-11(8)15/h1-5,17H. The number of anilines is 1. The van der Waals surface area contributed by atoms with Gasteiger partial charge in [0.1, 0.15) is 10.6 Å². The number of hydrogen-bond donors (Lipinski definition) is 1. The number of halogens is 4. The summed E-state index contributed by atoms with van der Waals surface area (Å²) in [6, 6.07) is 6.22. The number of sulfonamides is 1. The van der Waals surface area contributed by atoms with Gasteiger partial charge >= 0.3 is 0 Å². The van der Waals surface area contributed by atoms with E-state index in [1.54, 1.807) is 0 Å². The molecule has 0 fully saturated rings. The summed E-state index contributed by atoms with van der Waals surface area (Å²) < 4.78 is 53.3. The minimum absolute atomic E-state index is 0.0792. The first kappa shape index (κ1) is 15.3. The van der Waals surface area contributed by atoms with Crippen molar-refractivity contribution in [2.24, 2.45) is 0 Å². The Hall–Kier alpha value is -1.06. The van der Waals surface area contributed by atoms with E-state index < -0.39 is 27.6 Å². The van der Waals surface area contributed by atoms with Gasteiger partial charge in [-0.1, -0.05) is 15.9 Å². The van der Waals surface area contributed by atoms with Crippen molar-refractivity contribution in [3.05, 3.63) is 51.2 Å². The van der Waals surface area contributed by atoms with Crippen LogP contribution >= 0.6 is 31.9 Å². The molecule has 0 atom stereocenters. The summed E-state index contributed by atoms with van der Waals surface area (Å²) in [6.07, 6.45) is 0. The Morgan fingerprint density at radius 1 is 1.10 bits per heavy atom. The normalized spacial score (nSPS) is 11.4. The van der Waals surface area contributed by atoms with Crippen molar-refractivity contribution in [2.75, 3.05) is 4.72 Å². The summed E-state index contributed by atoms with van der Waals surface area (Å²) in [5, 5.41) is 0. The van der Waals surface area contributed by atoms with E-state index in [-0.39, 0.29) is 4.90 Å².